The highest BCUT2D eigenvalue weighted by atomic mass is 19.1. The number of carbonyl (C=O) groups excluding carboxylic acids is 3. The molecule has 0 aromatic rings. The van der Waals surface area contributed by atoms with Crippen molar-refractivity contribution in [2.24, 2.45) is 0 Å². The maximum Gasteiger partial charge on any atom is 0.362 e. The molecule has 1 saturated heterocycles. The van der Waals surface area contributed by atoms with E-state index in [0.717, 1.165) is 6.42 Å². The molecule has 102 valence electrons. The molecule has 1 aliphatic heterocycles. The van der Waals surface area contributed by atoms with E-state index in [1.807, 2.05) is 6.92 Å². The van der Waals surface area contributed by atoms with Gasteiger partial charge < -0.3 is 9.64 Å². The fourth-order valence-corrected chi connectivity index (χ4v) is 1.73. The van der Waals surface area contributed by atoms with E-state index in [1.165, 1.54) is 11.8 Å². The minimum atomic E-state index is -2.20. The number of nitrogens with zero attached hydrogens (tertiary/aromatic N) is 2. The van der Waals surface area contributed by atoms with Gasteiger partial charge in [-0.25, -0.2) is 9.18 Å². The van der Waals surface area contributed by atoms with Crippen LogP contribution >= 0.6 is 0 Å². The van der Waals surface area contributed by atoms with Crippen LogP contribution in [0.1, 0.15) is 20.3 Å². The smallest absolute Gasteiger partial charge is 0.362 e. The second kappa shape index (κ2) is 6.32. The number of alkyl halides is 1. The molecule has 1 heterocycles. The molecule has 7 heteroatoms. The molecule has 1 unspecified atom stereocenters. The third-order valence-corrected chi connectivity index (χ3v) is 2.59. The zero-order chi connectivity index (χ0) is 13.7. The summed E-state index contributed by atoms with van der Waals surface area (Å²) in [6.07, 6.45) is -1.49. The predicted octanol–water partition coefficient (Wildman–Crippen LogP) is -0.0741. The molecule has 0 aromatic carbocycles. The van der Waals surface area contributed by atoms with Gasteiger partial charge in [-0.3, -0.25) is 14.5 Å². The first-order chi connectivity index (χ1) is 8.52. The largest absolute Gasteiger partial charge is 0.462 e. The van der Waals surface area contributed by atoms with Gasteiger partial charge in [0.1, 0.15) is 0 Å². The molecule has 2 amide bonds. The highest BCUT2D eigenvalue weighted by molar-refractivity contribution is 6.35. The normalized spacial score (nSPS) is 17.9. The van der Waals surface area contributed by atoms with Crippen molar-refractivity contribution < 1.29 is 23.5 Å². The number of esters is 1. The summed E-state index contributed by atoms with van der Waals surface area (Å²) < 4.78 is 18.1. The number of rotatable bonds is 5. The van der Waals surface area contributed by atoms with Gasteiger partial charge in [-0.1, -0.05) is 6.92 Å². The van der Waals surface area contributed by atoms with Gasteiger partial charge in [0, 0.05) is 19.6 Å². The molecule has 0 aliphatic carbocycles. The van der Waals surface area contributed by atoms with Gasteiger partial charge in [0.15, 0.2) is 0 Å². The van der Waals surface area contributed by atoms with Crippen LogP contribution in [0.5, 0.6) is 0 Å². The van der Waals surface area contributed by atoms with Gasteiger partial charge >= 0.3 is 17.8 Å². The fraction of sp³-hybridized carbons (Fsp3) is 0.727. The summed E-state index contributed by atoms with van der Waals surface area (Å²) in [5.41, 5.74) is 0. The third kappa shape index (κ3) is 2.96. The predicted molar refractivity (Wildman–Crippen MR) is 60.1 cm³/mol. The number of amides is 2. The van der Waals surface area contributed by atoms with Crippen molar-refractivity contribution in [1.82, 2.24) is 9.80 Å². The molecular weight excluding hydrogens is 243 g/mol. The van der Waals surface area contributed by atoms with Crippen LogP contribution in [0.3, 0.4) is 0 Å². The van der Waals surface area contributed by atoms with Gasteiger partial charge in [0.05, 0.1) is 6.61 Å². The number of hydrogen-bond donors (Lipinski definition) is 0. The van der Waals surface area contributed by atoms with Crippen molar-refractivity contribution in [2.45, 2.75) is 26.6 Å². The first-order valence-corrected chi connectivity index (χ1v) is 5.93. The van der Waals surface area contributed by atoms with Crippen molar-refractivity contribution in [2.75, 3.05) is 26.2 Å². The zero-order valence-corrected chi connectivity index (χ0v) is 10.5. The van der Waals surface area contributed by atoms with Crippen molar-refractivity contribution in [3.63, 3.8) is 0 Å². The molecule has 18 heavy (non-hydrogen) atoms. The Labute approximate surface area is 105 Å². The van der Waals surface area contributed by atoms with E-state index in [-0.39, 0.29) is 19.7 Å². The van der Waals surface area contributed by atoms with E-state index < -0.39 is 24.1 Å². The van der Waals surface area contributed by atoms with Gasteiger partial charge in [0.25, 0.3) is 6.30 Å². The van der Waals surface area contributed by atoms with Crippen LogP contribution < -0.4 is 0 Å². The fourth-order valence-electron chi connectivity index (χ4n) is 1.73. The molecule has 0 radical (unpaired) electrons. The van der Waals surface area contributed by atoms with E-state index in [1.54, 1.807) is 0 Å². The molecular formula is C11H17FN2O4. The molecule has 0 spiro atoms. The Morgan fingerprint density at radius 2 is 2.00 bits per heavy atom. The molecule has 1 atom stereocenters. The number of piperazine rings is 1. The minimum Gasteiger partial charge on any atom is -0.462 e. The van der Waals surface area contributed by atoms with Crippen LogP contribution in [-0.4, -0.2) is 60.1 Å². The maximum absolute atomic E-state index is 13.7. The second-order valence-electron chi connectivity index (χ2n) is 3.88. The molecule has 0 bridgehead atoms. The number of hydrogen-bond acceptors (Lipinski definition) is 4. The Morgan fingerprint density at radius 3 is 2.56 bits per heavy atom. The van der Waals surface area contributed by atoms with Crippen molar-refractivity contribution in [3.8, 4) is 0 Å². The van der Waals surface area contributed by atoms with Crippen molar-refractivity contribution in [1.29, 1.82) is 0 Å². The molecule has 0 aromatic heterocycles. The summed E-state index contributed by atoms with van der Waals surface area (Å²) in [7, 11) is 0. The maximum atomic E-state index is 13.7. The zero-order valence-electron chi connectivity index (χ0n) is 10.5. The topological polar surface area (TPSA) is 66.9 Å². The summed E-state index contributed by atoms with van der Waals surface area (Å²) >= 11 is 0. The highest BCUT2D eigenvalue weighted by Crippen LogP contribution is 2.12. The summed E-state index contributed by atoms with van der Waals surface area (Å²) in [6, 6.07) is 0. The molecule has 0 saturated carbocycles. The van der Waals surface area contributed by atoms with Crippen molar-refractivity contribution in [3.05, 3.63) is 0 Å². The van der Waals surface area contributed by atoms with E-state index in [2.05, 4.69) is 4.74 Å². The first kappa shape index (κ1) is 14.4. The Kier molecular flexibility index (Phi) is 5.06. The van der Waals surface area contributed by atoms with E-state index in [0.29, 0.717) is 11.4 Å². The number of ether oxygens (including phenoxy) is 1. The average molecular weight is 260 g/mol. The lowest BCUT2D eigenvalue weighted by atomic mass is 10.2. The molecule has 0 N–H and O–H groups in total. The molecule has 1 aliphatic rings. The SMILES string of the molecule is CCCN1CCN(C(F)C(=O)OCC)C(=O)C1=O. The van der Waals surface area contributed by atoms with Crippen LogP contribution in [0.25, 0.3) is 0 Å². The standard InChI is InChI=1S/C11H17FN2O4/c1-3-5-13-6-7-14(10(16)9(13)15)8(12)11(17)18-4-2/h8H,3-7H2,1-2H3. The van der Waals surface area contributed by atoms with Crippen LogP contribution in [0.15, 0.2) is 0 Å². The molecule has 6 nitrogen and oxygen atoms in total. The Balaban J connectivity index is 2.68. The Hall–Kier alpha value is -1.66. The van der Waals surface area contributed by atoms with Gasteiger partial charge in [-0.15, -0.1) is 0 Å². The number of halogens is 1. The third-order valence-electron chi connectivity index (χ3n) is 2.59. The van der Waals surface area contributed by atoms with Gasteiger partial charge in [-0.05, 0) is 13.3 Å². The highest BCUT2D eigenvalue weighted by Gasteiger charge is 2.39. The summed E-state index contributed by atoms with van der Waals surface area (Å²) in [6.45, 7) is 4.13. The van der Waals surface area contributed by atoms with Crippen LogP contribution in [0, 0.1) is 0 Å². The van der Waals surface area contributed by atoms with E-state index in [4.69, 9.17) is 0 Å². The lowest BCUT2D eigenvalue weighted by Crippen LogP contribution is -2.58. The van der Waals surface area contributed by atoms with Gasteiger partial charge in [0.2, 0.25) is 0 Å². The second-order valence-corrected chi connectivity index (χ2v) is 3.88. The van der Waals surface area contributed by atoms with Crippen molar-refractivity contribution >= 4 is 17.8 Å². The van der Waals surface area contributed by atoms with E-state index in [9.17, 15) is 18.8 Å². The Bertz CT molecular complexity index is 348. The van der Waals surface area contributed by atoms with Crippen LogP contribution in [0.2, 0.25) is 0 Å². The summed E-state index contributed by atoms with van der Waals surface area (Å²) in [4.78, 5) is 36.4. The summed E-state index contributed by atoms with van der Waals surface area (Å²) in [5, 5.41) is 0. The molecule has 1 rings (SSSR count). The lowest BCUT2D eigenvalue weighted by Gasteiger charge is -2.34. The van der Waals surface area contributed by atoms with Crippen LogP contribution in [0.4, 0.5) is 4.39 Å². The Morgan fingerprint density at radius 1 is 1.33 bits per heavy atom. The minimum absolute atomic E-state index is 0.00452. The summed E-state index contributed by atoms with van der Waals surface area (Å²) in [5.74, 6) is -2.90. The monoisotopic (exact) mass is 260 g/mol. The molecule has 1 fully saturated rings. The quantitative estimate of drug-likeness (QED) is 0.394. The lowest BCUT2D eigenvalue weighted by molar-refractivity contribution is -0.170. The van der Waals surface area contributed by atoms with E-state index >= 15 is 0 Å². The number of carbonyl (C=O) groups is 3. The average Bonchev–Trinajstić information content (AvgIpc) is 2.35. The first-order valence-electron chi connectivity index (χ1n) is 5.93. The van der Waals surface area contributed by atoms with Gasteiger partial charge in [-0.2, -0.15) is 0 Å². The van der Waals surface area contributed by atoms with Crippen LogP contribution in [-0.2, 0) is 19.1 Å².